The van der Waals surface area contributed by atoms with E-state index in [4.69, 9.17) is 0 Å². The van der Waals surface area contributed by atoms with Crippen LogP contribution in [0.2, 0.25) is 0 Å². The minimum atomic E-state index is -0.168. The highest BCUT2D eigenvalue weighted by Gasteiger charge is 2.23. The van der Waals surface area contributed by atoms with E-state index in [2.05, 4.69) is 20.9 Å². The van der Waals surface area contributed by atoms with E-state index in [9.17, 15) is 4.79 Å². The van der Waals surface area contributed by atoms with E-state index in [0.717, 1.165) is 24.3 Å². The Balaban J connectivity index is 1.57. The average Bonchev–Trinajstić information content (AvgIpc) is 3.26. The van der Waals surface area contributed by atoms with Gasteiger partial charge in [0.15, 0.2) is 0 Å². The van der Waals surface area contributed by atoms with Crippen molar-refractivity contribution in [2.24, 2.45) is 0 Å². The van der Waals surface area contributed by atoms with E-state index in [1.54, 1.807) is 6.20 Å². The van der Waals surface area contributed by atoms with E-state index in [1.807, 2.05) is 42.5 Å². The number of pyridine rings is 1. The summed E-state index contributed by atoms with van der Waals surface area (Å²) >= 11 is 0. The Bertz CT molecular complexity index is 579. The van der Waals surface area contributed by atoms with Crippen LogP contribution in [0.15, 0.2) is 48.7 Å². The molecule has 0 unspecified atom stereocenters. The first kappa shape index (κ1) is 12.5. The number of carbonyl (C=O) groups excluding carboxylic acids is 1. The SMILES string of the molecule is O=C(Nc1ccc(Nc2ccccc2)nc1)NC1CC1. The standard InChI is InChI=1S/C15H16N4O/c20-15(18-12-6-7-12)19-13-8-9-14(16-10-13)17-11-4-2-1-3-5-11/h1-5,8-10,12H,6-7H2,(H,16,17)(H2,18,19,20). The summed E-state index contributed by atoms with van der Waals surface area (Å²) in [5.74, 6) is 0.740. The molecule has 5 nitrogen and oxygen atoms in total. The Labute approximate surface area is 117 Å². The summed E-state index contributed by atoms with van der Waals surface area (Å²) in [4.78, 5) is 15.8. The third kappa shape index (κ3) is 3.47. The van der Waals surface area contributed by atoms with Gasteiger partial charge in [0.05, 0.1) is 11.9 Å². The second-order valence-electron chi connectivity index (χ2n) is 4.80. The average molecular weight is 268 g/mol. The van der Waals surface area contributed by atoms with Crippen molar-refractivity contribution in [2.75, 3.05) is 10.6 Å². The fourth-order valence-electron chi connectivity index (χ4n) is 1.79. The maximum Gasteiger partial charge on any atom is 0.319 e. The maximum atomic E-state index is 11.6. The number of nitrogens with zero attached hydrogens (tertiary/aromatic N) is 1. The summed E-state index contributed by atoms with van der Waals surface area (Å²) in [5, 5.41) is 8.81. The molecule has 0 aliphatic heterocycles. The number of rotatable bonds is 4. The highest BCUT2D eigenvalue weighted by atomic mass is 16.2. The normalized spacial score (nSPS) is 13.6. The Hall–Kier alpha value is -2.56. The predicted octanol–water partition coefficient (Wildman–Crippen LogP) is 3.11. The quantitative estimate of drug-likeness (QED) is 0.798. The highest BCUT2D eigenvalue weighted by Crippen LogP contribution is 2.19. The summed E-state index contributed by atoms with van der Waals surface area (Å²) in [5.41, 5.74) is 1.66. The van der Waals surface area contributed by atoms with E-state index in [0.29, 0.717) is 11.7 Å². The van der Waals surface area contributed by atoms with Gasteiger partial charge in [0.2, 0.25) is 0 Å². The van der Waals surface area contributed by atoms with Crippen molar-refractivity contribution in [3.05, 3.63) is 48.7 Å². The fourth-order valence-corrected chi connectivity index (χ4v) is 1.79. The van der Waals surface area contributed by atoms with Crippen LogP contribution in [-0.2, 0) is 0 Å². The maximum absolute atomic E-state index is 11.6. The number of hydrogen-bond donors (Lipinski definition) is 3. The van der Waals surface area contributed by atoms with E-state index < -0.39 is 0 Å². The van der Waals surface area contributed by atoms with Crippen LogP contribution >= 0.6 is 0 Å². The molecule has 102 valence electrons. The largest absolute Gasteiger partial charge is 0.340 e. The van der Waals surface area contributed by atoms with Crippen LogP contribution in [0.25, 0.3) is 0 Å². The third-order valence-corrected chi connectivity index (χ3v) is 2.98. The molecule has 1 aliphatic carbocycles. The van der Waals surface area contributed by atoms with E-state index in [-0.39, 0.29) is 6.03 Å². The summed E-state index contributed by atoms with van der Waals surface area (Å²) < 4.78 is 0. The number of aromatic nitrogens is 1. The number of carbonyl (C=O) groups is 1. The minimum absolute atomic E-state index is 0.168. The van der Waals surface area contributed by atoms with Gasteiger partial charge in [-0.1, -0.05) is 18.2 Å². The molecular weight excluding hydrogens is 252 g/mol. The molecular formula is C15H16N4O. The number of hydrogen-bond acceptors (Lipinski definition) is 3. The van der Waals surface area contributed by atoms with Crippen molar-refractivity contribution in [2.45, 2.75) is 18.9 Å². The molecule has 1 aromatic heterocycles. The molecule has 2 amide bonds. The summed E-state index contributed by atoms with van der Waals surface area (Å²) in [6, 6.07) is 13.7. The Morgan fingerprint density at radius 3 is 2.50 bits per heavy atom. The van der Waals surface area contributed by atoms with Gasteiger partial charge in [0.1, 0.15) is 5.82 Å². The first-order valence-electron chi connectivity index (χ1n) is 6.65. The molecule has 1 fully saturated rings. The zero-order chi connectivity index (χ0) is 13.8. The van der Waals surface area contributed by atoms with Gasteiger partial charge in [-0.25, -0.2) is 9.78 Å². The monoisotopic (exact) mass is 268 g/mol. The molecule has 0 bridgehead atoms. The van der Waals surface area contributed by atoms with Crippen molar-refractivity contribution < 1.29 is 4.79 Å². The van der Waals surface area contributed by atoms with Gasteiger partial charge in [0, 0.05) is 11.7 Å². The minimum Gasteiger partial charge on any atom is -0.340 e. The first-order chi connectivity index (χ1) is 9.79. The zero-order valence-corrected chi connectivity index (χ0v) is 11.0. The molecule has 1 saturated carbocycles. The van der Waals surface area contributed by atoms with Gasteiger partial charge >= 0.3 is 6.03 Å². The van der Waals surface area contributed by atoms with Gasteiger partial charge in [-0.3, -0.25) is 0 Å². The van der Waals surface area contributed by atoms with Crippen molar-refractivity contribution in [3.8, 4) is 0 Å². The smallest absolute Gasteiger partial charge is 0.319 e. The molecule has 1 heterocycles. The summed E-state index contributed by atoms with van der Waals surface area (Å²) in [6.07, 6.45) is 3.79. The van der Waals surface area contributed by atoms with Crippen molar-refractivity contribution in [1.82, 2.24) is 10.3 Å². The van der Waals surface area contributed by atoms with Gasteiger partial charge in [-0.15, -0.1) is 0 Å². The molecule has 3 rings (SSSR count). The Kier molecular flexibility index (Phi) is 3.50. The van der Waals surface area contributed by atoms with E-state index >= 15 is 0 Å². The lowest BCUT2D eigenvalue weighted by Gasteiger charge is -2.08. The van der Waals surface area contributed by atoms with Gasteiger partial charge in [-0.2, -0.15) is 0 Å². The second kappa shape index (κ2) is 5.61. The van der Waals surface area contributed by atoms with Crippen LogP contribution in [0.4, 0.5) is 22.0 Å². The lowest BCUT2D eigenvalue weighted by molar-refractivity contribution is 0.251. The molecule has 3 N–H and O–H groups in total. The Morgan fingerprint density at radius 2 is 1.85 bits per heavy atom. The van der Waals surface area contributed by atoms with Crippen LogP contribution in [0.3, 0.4) is 0 Å². The number of benzene rings is 1. The molecule has 20 heavy (non-hydrogen) atoms. The fraction of sp³-hybridized carbons (Fsp3) is 0.200. The molecule has 5 heteroatoms. The highest BCUT2D eigenvalue weighted by molar-refractivity contribution is 5.89. The molecule has 1 aromatic carbocycles. The molecule has 0 saturated heterocycles. The van der Waals surface area contributed by atoms with Crippen molar-refractivity contribution in [3.63, 3.8) is 0 Å². The molecule has 0 spiro atoms. The van der Waals surface area contributed by atoms with Gasteiger partial charge < -0.3 is 16.0 Å². The molecule has 0 atom stereocenters. The molecule has 2 aromatic rings. The van der Waals surface area contributed by atoms with Crippen molar-refractivity contribution >= 4 is 23.2 Å². The van der Waals surface area contributed by atoms with Crippen LogP contribution < -0.4 is 16.0 Å². The lowest BCUT2D eigenvalue weighted by atomic mass is 10.3. The molecule has 0 radical (unpaired) electrons. The summed E-state index contributed by atoms with van der Waals surface area (Å²) in [6.45, 7) is 0. The summed E-state index contributed by atoms with van der Waals surface area (Å²) in [7, 11) is 0. The number of amides is 2. The third-order valence-electron chi connectivity index (χ3n) is 2.98. The van der Waals surface area contributed by atoms with Crippen LogP contribution in [0.5, 0.6) is 0 Å². The van der Waals surface area contributed by atoms with Crippen LogP contribution in [0, 0.1) is 0 Å². The van der Waals surface area contributed by atoms with Gasteiger partial charge in [-0.05, 0) is 37.1 Å². The zero-order valence-electron chi connectivity index (χ0n) is 11.0. The predicted molar refractivity (Wildman–Crippen MR) is 79.1 cm³/mol. The van der Waals surface area contributed by atoms with Crippen molar-refractivity contribution in [1.29, 1.82) is 0 Å². The second-order valence-corrected chi connectivity index (χ2v) is 4.80. The van der Waals surface area contributed by atoms with E-state index in [1.165, 1.54) is 0 Å². The lowest BCUT2D eigenvalue weighted by Crippen LogP contribution is -2.30. The number of para-hydroxylation sites is 1. The topological polar surface area (TPSA) is 66.0 Å². The Morgan fingerprint density at radius 1 is 1.05 bits per heavy atom. The van der Waals surface area contributed by atoms with Crippen LogP contribution in [-0.4, -0.2) is 17.1 Å². The first-order valence-corrected chi connectivity index (χ1v) is 6.65. The van der Waals surface area contributed by atoms with Crippen LogP contribution in [0.1, 0.15) is 12.8 Å². The number of nitrogens with one attached hydrogen (secondary N) is 3. The number of urea groups is 1. The number of anilines is 3. The van der Waals surface area contributed by atoms with Gasteiger partial charge in [0.25, 0.3) is 0 Å². The molecule has 1 aliphatic rings.